The molecule has 1 rings (SSSR count). The molecule has 0 aromatic heterocycles. The Kier molecular flexibility index (Phi) is 5.78. The van der Waals surface area contributed by atoms with Gasteiger partial charge in [0.25, 0.3) is 0 Å². The van der Waals surface area contributed by atoms with Gasteiger partial charge in [0.15, 0.2) is 0 Å². The average molecular weight is 313 g/mol. The Hall–Kier alpha value is -0.180. The van der Waals surface area contributed by atoms with Gasteiger partial charge >= 0.3 is 0 Å². The van der Waals surface area contributed by atoms with E-state index in [9.17, 15) is 16.8 Å². The lowest BCUT2D eigenvalue weighted by molar-refractivity contribution is -0.0263. The first-order chi connectivity index (χ1) is 8.58. The molecule has 2 unspecified atom stereocenters. The molecule has 0 spiro atoms. The summed E-state index contributed by atoms with van der Waals surface area (Å²) in [5.41, 5.74) is 0. The van der Waals surface area contributed by atoms with Gasteiger partial charge in [0.1, 0.15) is 9.84 Å². The van der Waals surface area contributed by atoms with E-state index < -0.39 is 19.9 Å². The molecule has 0 saturated carbocycles. The fraction of sp³-hybridized carbons (Fsp3) is 1.00. The van der Waals surface area contributed by atoms with Crippen molar-refractivity contribution >= 4 is 19.9 Å². The van der Waals surface area contributed by atoms with E-state index >= 15 is 0 Å². The van der Waals surface area contributed by atoms with Gasteiger partial charge in [0.2, 0.25) is 10.0 Å². The van der Waals surface area contributed by atoms with E-state index in [0.717, 1.165) is 12.8 Å². The lowest BCUT2D eigenvalue weighted by Crippen LogP contribution is -2.42. The fourth-order valence-corrected chi connectivity index (χ4v) is 3.71. The van der Waals surface area contributed by atoms with Crippen molar-refractivity contribution in [3.05, 3.63) is 0 Å². The van der Waals surface area contributed by atoms with Crippen LogP contribution in [-0.4, -0.2) is 64.7 Å². The topological polar surface area (TPSA) is 80.8 Å². The van der Waals surface area contributed by atoms with E-state index in [4.69, 9.17) is 4.74 Å². The highest BCUT2D eigenvalue weighted by molar-refractivity contribution is 7.90. The summed E-state index contributed by atoms with van der Waals surface area (Å²) >= 11 is 0. The molecule has 8 heteroatoms. The van der Waals surface area contributed by atoms with E-state index in [2.05, 4.69) is 0 Å². The molecule has 1 heterocycles. The van der Waals surface area contributed by atoms with Gasteiger partial charge in [-0.25, -0.2) is 16.8 Å². The largest absolute Gasteiger partial charge is 0.374 e. The van der Waals surface area contributed by atoms with Crippen molar-refractivity contribution in [2.45, 2.75) is 38.4 Å². The number of sulfone groups is 1. The maximum Gasteiger partial charge on any atom is 0.211 e. The molecule has 0 aliphatic carbocycles. The van der Waals surface area contributed by atoms with Gasteiger partial charge in [-0.2, -0.15) is 4.31 Å². The molecule has 0 aromatic carbocycles. The van der Waals surface area contributed by atoms with E-state index in [-0.39, 0.29) is 24.5 Å². The van der Waals surface area contributed by atoms with Gasteiger partial charge < -0.3 is 4.74 Å². The minimum Gasteiger partial charge on any atom is -0.374 e. The molecule has 1 fully saturated rings. The first kappa shape index (κ1) is 16.9. The van der Waals surface area contributed by atoms with Crippen molar-refractivity contribution < 1.29 is 21.6 Å². The monoisotopic (exact) mass is 313 g/mol. The molecule has 19 heavy (non-hydrogen) atoms. The second kappa shape index (κ2) is 6.51. The van der Waals surface area contributed by atoms with Gasteiger partial charge in [-0.3, -0.25) is 0 Å². The Labute approximate surface area is 116 Å². The number of hydrogen-bond acceptors (Lipinski definition) is 5. The summed E-state index contributed by atoms with van der Waals surface area (Å²) in [6.07, 6.45) is 3.88. The van der Waals surface area contributed by atoms with Crippen LogP contribution in [0.15, 0.2) is 0 Å². The van der Waals surface area contributed by atoms with Crippen LogP contribution in [-0.2, 0) is 24.6 Å². The van der Waals surface area contributed by atoms with E-state index in [1.807, 2.05) is 6.92 Å². The number of ether oxygens (including phenoxy) is 1. The van der Waals surface area contributed by atoms with Crippen molar-refractivity contribution in [2.24, 2.45) is 0 Å². The summed E-state index contributed by atoms with van der Waals surface area (Å²) in [6, 6.07) is 0. The molecule has 0 aromatic rings. The highest BCUT2D eigenvalue weighted by Gasteiger charge is 2.26. The summed E-state index contributed by atoms with van der Waals surface area (Å²) in [4.78, 5) is 0. The first-order valence-electron chi connectivity index (χ1n) is 6.36. The van der Waals surface area contributed by atoms with Crippen molar-refractivity contribution in [1.29, 1.82) is 0 Å². The lowest BCUT2D eigenvalue weighted by atomic mass is 10.1. The van der Waals surface area contributed by atoms with Crippen molar-refractivity contribution in [2.75, 3.05) is 31.4 Å². The van der Waals surface area contributed by atoms with Crippen LogP contribution in [0.25, 0.3) is 0 Å². The summed E-state index contributed by atoms with van der Waals surface area (Å²) in [7, 11) is -6.33. The number of hydrogen-bond donors (Lipinski definition) is 0. The molecule has 1 saturated heterocycles. The number of sulfonamides is 1. The number of rotatable bonds is 4. The van der Waals surface area contributed by atoms with E-state index in [0.29, 0.717) is 13.0 Å². The van der Waals surface area contributed by atoms with Crippen molar-refractivity contribution in [3.63, 3.8) is 0 Å². The smallest absolute Gasteiger partial charge is 0.211 e. The van der Waals surface area contributed by atoms with Crippen LogP contribution in [0.4, 0.5) is 0 Å². The predicted molar refractivity (Wildman–Crippen MR) is 74.3 cm³/mol. The van der Waals surface area contributed by atoms with Crippen molar-refractivity contribution in [1.82, 2.24) is 4.31 Å². The minimum absolute atomic E-state index is 0.0159. The second-order valence-corrected chi connectivity index (χ2v) is 9.49. The normalized spacial score (nSPS) is 27.7. The third-order valence-electron chi connectivity index (χ3n) is 3.13. The first-order valence-corrected chi connectivity index (χ1v) is 10.3. The van der Waals surface area contributed by atoms with Gasteiger partial charge in [-0.05, 0) is 26.2 Å². The SMILES string of the molecule is CC1CCCN(S(C)(=O)=O)CC(CCS(C)(=O)=O)O1. The van der Waals surface area contributed by atoms with Crippen LogP contribution < -0.4 is 0 Å². The maximum atomic E-state index is 11.6. The maximum absolute atomic E-state index is 11.6. The second-order valence-electron chi connectivity index (χ2n) is 5.25. The Morgan fingerprint density at radius 3 is 2.37 bits per heavy atom. The van der Waals surface area contributed by atoms with E-state index in [1.165, 1.54) is 16.8 Å². The zero-order valence-corrected chi connectivity index (χ0v) is 13.3. The summed E-state index contributed by atoms with van der Waals surface area (Å²) < 4.78 is 52.8. The quantitative estimate of drug-likeness (QED) is 0.743. The molecule has 1 aliphatic rings. The zero-order valence-electron chi connectivity index (χ0n) is 11.7. The molecule has 1 aliphatic heterocycles. The summed E-state index contributed by atoms with van der Waals surface area (Å²) in [5.74, 6) is 0.0159. The Morgan fingerprint density at radius 2 is 1.84 bits per heavy atom. The highest BCUT2D eigenvalue weighted by atomic mass is 32.2. The molecule has 0 radical (unpaired) electrons. The Bertz CT molecular complexity index is 485. The summed E-state index contributed by atoms with van der Waals surface area (Å²) in [6.45, 7) is 2.64. The van der Waals surface area contributed by atoms with Crippen LogP contribution in [0.1, 0.15) is 26.2 Å². The number of nitrogens with zero attached hydrogens (tertiary/aromatic N) is 1. The molecule has 0 amide bonds. The molecular weight excluding hydrogens is 290 g/mol. The van der Waals surface area contributed by atoms with Crippen LogP contribution >= 0.6 is 0 Å². The lowest BCUT2D eigenvalue weighted by Gasteiger charge is -2.31. The van der Waals surface area contributed by atoms with Gasteiger partial charge in [0.05, 0.1) is 24.2 Å². The third kappa shape index (κ3) is 6.69. The van der Waals surface area contributed by atoms with E-state index in [1.54, 1.807) is 0 Å². The van der Waals surface area contributed by atoms with Crippen LogP contribution in [0.3, 0.4) is 0 Å². The Balaban J connectivity index is 2.73. The van der Waals surface area contributed by atoms with Crippen LogP contribution in [0, 0.1) is 0 Å². The minimum atomic E-state index is -3.27. The third-order valence-corrected chi connectivity index (χ3v) is 5.38. The Morgan fingerprint density at radius 1 is 1.21 bits per heavy atom. The average Bonchev–Trinajstić information content (AvgIpc) is 2.17. The summed E-state index contributed by atoms with van der Waals surface area (Å²) in [5, 5.41) is 0. The molecular formula is C11H23NO5S2. The fourth-order valence-electron chi connectivity index (χ4n) is 2.12. The molecule has 114 valence electrons. The molecule has 2 atom stereocenters. The van der Waals surface area contributed by atoms with Crippen LogP contribution in [0.2, 0.25) is 0 Å². The molecule has 6 nitrogen and oxygen atoms in total. The van der Waals surface area contributed by atoms with Gasteiger partial charge in [-0.1, -0.05) is 0 Å². The zero-order chi connectivity index (χ0) is 14.7. The highest BCUT2D eigenvalue weighted by Crippen LogP contribution is 2.16. The predicted octanol–water partition coefficient (Wildman–Crippen LogP) is 0.250. The molecule has 0 N–H and O–H groups in total. The van der Waals surface area contributed by atoms with Gasteiger partial charge in [0, 0.05) is 19.3 Å². The van der Waals surface area contributed by atoms with Crippen molar-refractivity contribution in [3.8, 4) is 0 Å². The molecule has 0 bridgehead atoms. The standard InChI is InChI=1S/C11H23NO5S2/c1-10-5-4-7-12(19(3,15)16)9-11(17-10)6-8-18(2,13)14/h10-11H,4-9H2,1-3H3. The van der Waals surface area contributed by atoms with Crippen LogP contribution in [0.5, 0.6) is 0 Å². The van der Waals surface area contributed by atoms with Gasteiger partial charge in [-0.15, -0.1) is 0 Å².